The maximum Gasteiger partial charge on any atom is 0.212 e. The van der Waals surface area contributed by atoms with Crippen LogP contribution in [0.4, 0.5) is 0 Å². The van der Waals surface area contributed by atoms with Gasteiger partial charge in [0.2, 0.25) is 22.8 Å². The molecule has 8 aromatic rings. The summed E-state index contributed by atoms with van der Waals surface area (Å²) in [7, 11) is 8.67. The lowest BCUT2D eigenvalue weighted by Gasteiger charge is -2.14. The number of hydrogen-bond acceptors (Lipinski definition) is 0. The lowest BCUT2D eigenvalue weighted by atomic mass is 9.92. The minimum Gasteiger partial charge on any atom is -0.201 e. The zero-order chi connectivity index (χ0) is 59.2. The fourth-order valence-corrected chi connectivity index (χ4v) is 13.1. The van der Waals surface area contributed by atoms with Crippen LogP contribution in [-0.2, 0) is 53.9 Å². The molecule has 2 fully saturated rings. The molecule has 432 valence electrons. The second kappa shape index (κ2) is 29.6. The molecule has 4 nitrogen and oxygen atoms in total. The Morgan fingerprint density at radius 3 is 1.05 bits per heavy atom. The van der Waals surface area contributed by atoms with Gasteiger partial charge in [0, 0.05) is 68.8 Å². The molecule has 0 atom stereocenters. The molecule has 4 aromatic heterocycles. The molecule has 4 aromatic carbocycles. The van der Waals surface area contributed by atoms with E-state index in [9.17, 15) is 0 Å². The molecule has 4 heterocycles. The topological polar surface area (TPSA) is 15.5 Å². The van der Waals surface area contributed by atoms with Crippen molar-refractivity contribution in [2.75, 3.05) is 0 Å². The maximum atomic E-state index is 2.44. The average Bonchev–Trinajstić information content (AvgIpc) is 4.34. The van der Waals surface area contributed by atoms with Crippen LogP contribution in [0.3, 0.4) is 0 Å². The number of aryl methyl sites for hydroxylation is 11. The number of aromatic nitrogens is 4. The van der Waals surface area contributed by atoms with E-state index in [1.54, 1.807) is 11.1 Å². The molecule has 2 saturated carbocycles. The van der Waals surface area contributed by atoms with Crippen molar-refractivity contribution in [2.24, 2.45) is 45.9 Å². The standard InChI is InChI=1S/C21H30N.2C19H24N.C19H26N/c1-15(2)11-18-13-21(20-10-8-7-9-17(20)5)22(6)14-19(18)12-16(3)4;1-14-8-4-7-11-17(14)19-12-18(15(2)13-20(19)3)16-9-5-6-10-16;1-14-8-4-7-11-17(14)19-12-15(2)18(13-20(19)3)16-9-5-6-10-16;1-6-16-12-19(18-10-8-7-9-15(18)4)20(5)13-17(16)11-14(2)3/h7-10,13-16H,11-12H2,1-6H3;2*4,7-8,11-13,16H,5-6,9-10H2,1-3H3;7-10,12-14H,6,11H2,1-5H3/q4*+1. The molecule has 0 bridgehead atoms. The zero-order valence-electron chi connectivity index (χ0n) is 54.0. The predicted octanol–water partition coefficient (Wildman–Crippen LogP) is 18.0. The highest BCUT2D eigenvalue weighted by Crippen LogP contribution is 2.38. The Bertz CT molecular complexity index is 3380. The molecule has 4 heteroatoms. The van der Waals surface area contributed by atoms with Crippen molar-refractivity contribution >= 4 is 0 Å². The molecule has 0 spiro atoms. The van der Waals surface area contributed by atoms with E-state index >= 15 is 0 Å². The highest BCUT2D eigenvalue weighted by Gasteiger charge is 2.26. The summed E-state index contributed by atoms with van der Waals surface area (Å²) in [5.41, 5.74) is 28.0. The van der Waals surface area contributed by atoms with E-state index in [2.05, 4.69) is 283 Å². The minimum atomic E-state index is 0.684. The second-order valence-corrected chi connectivity index (χ2v) is 25.8. The number of hydrogen-bond donors (Lipinski definition) is 0. The van der Waals surface area contributed by atoms with Gasteiger partial charge in [0.05, 0.1) is 0 Å². The zero-order valence-corrected chi connectivity index (χ0v) is 54.0. The van der Waals surface area contributed by atoms with Crippen LogP contribution in [0.15, 0.2) is 146 Å². The van der Waals surface area contributed by atoms with Crippen molar-refractivity contribution < 1.29 is 18.3 Å². The van der Waals surface area contributed by atoms with E-state index in [-0.39, 0.29) is 0 Å². The van der Waals surface area contributed by atoms with E-state index in [4.69, 9.17) is 0 Å². The van der Waals surface area contributed by atoms with Gasteiger partial charge in [-0.2, -0.15) is 0 Å². The molecule has 0 aliphatic heterocycles. The van der Waals surface area contributed by atoms with Crippen LogP contribution in [0.2, 0.25) is 0 Å². The highest BCUT2D eigenvalue weighted by atomic mass is 14.9. The molecule has 10 rings (SSSR count). The Kier molecular flexibility index (Phi) is 22.8. The molecule has 0 radical (unpaired) electrons. The van der Waals surface area contributed by atoms with Crippen molar-refractivity contribution in [1.29, 1.82) is 0 Å². The van der Waals surface area contributed by atoms with Crippen molar-refractivity contribution in [3.8, 4) is 45.0 Å². The van der Waals surface area contributed by atoms with Gasteiger partial charge in [-0.1, -0.05) is 147 Å². The summed E-state index contributed by atoms with van der Waals surface area (Å²) < 4.78 is 9.15. The van der Waals surface area contributed by atoms with E-state index < -0.39 is 0 Å². The molecule has 0 amide bonds. The van der Waals surface area contributed by atoms with Crippen LogP contribution in [0.1, 0.15) is 178 Å². The monoisotopic (exact) mass is 1100 g/mol. The first-order valence-electron chi connectivity index (χ1n) is 31.5. The molecule has 0 N–H and O–H groups in total. The van der Waals surface area contributed by atoms with Gasteiger partial charge in [0.25, 0.3) is 0 Å². The smallest absolute Gasteiger partial charge is 0.201 e. The molecular weight excluding hydrogens is 993 g/mol. The van der Waals surface area contributed by atoms with Crippen LogP contribution < -0.4 is 18.3 Å². The van der Waals surface area contributed by atoms with Gasteiger partial charge in [-0.25, -0.2) is 18.3 Å². The first-order valence-corrected chi connectivity index (χ1v) is 31.5. The van der Waals surface area contributed by atoms with Crippen molar-refractivity contribution in [1.82, 2.24) is 0 Å². The SMILES string of the molecule is CCc1cc(-c2ccccc2C)[n+](C)cc1CC(C)C.Cc1ccccc1-c1cc(C)c(C2CCCC2)c[n+]1C.Cc1ccccc1-c1cc(C2CCCC2)c(C)c[n+]1C.Cc1ccccc1-c1cc(CC(C)C)c(CC(C)C)c[n+]1C. The molecule has 2 aliphatic rings. The predicted molar refractivity (Wildman–Crippen MR) is 348 cm³/mol. The van der Waals surface area contributed by atoms with Crippen molar-refractivity contribution in [2.45, 2.75) is 179 Å². The fraction of sp³-hybridized carbons (Fsp3) is 0.436. The number of rotatable bonds is 13. The first kappa shape index (κ1) is 63.1. The van der Waals surface area contributed by atoms with E-state index in [1.807, 2.05) is 0 Å². The van der Waals surface area contributed by atoms with E-state index in [0.717, 1.165) is 37.5 Å². The van der Waals surface area contributed by atoms with Crippen LogP contribution in [0, 0.1) is 59.3 Å². The average molecular weight is 1100 g/mol. The summed E-state index contributed by atoms with van der Waals surface area (Å²) in [6.45, 7) is 29.3. The maximum absolute atomic E-state index is 2.44. The number of pyridine rings is 4. The fourth-order valence-electron chi connectivity index (χ4n) is 13.1. The number of benzene rings is 4. The van der Waals surface area contributed by atoms with Crippen LogP contribution in [-0.4, -0.2) is 0 Å². The van der Waals surface area contributed by atoms with Crippen molar-refractivity contribution in [3.63, 3.8) is 0 Å². The molecular formula is C78H104N4+4. The van der Waals surface area contributed by atoms with Gasteiger partial charge in [-0.15, -0.1) is 0 Å². The van der Waals surface area contributed by atoms with Gasteiger partial charge in [0.1, 0.15) is 28.2 Å². The Labute approximate surface area is 498 Å². The van der Waals surface area contributed by atoms with Gasteiger partial charge >= 0.3 is 0 Å². The first-order chi connectivity index (χ1) is 39.2. The quantitative estimate of drug-likeness (QED) is 0.102. The van der Waals surface area contributed by atoms with Gasteiger partial charge < -0.3 is 0 Å². The van der Waals surface area contributed by atoms with Gasteiger partial charge in [-0.3, -0.25) is 0 Å². The Morgan fingerprint density at radius 1 is 0.341 bits per heavy atom. The molecule has 0 unspecified atom stereocenters. The molecule has 82 heavy (non-hydrogen) atoms. The lowest BCUT2D eigenvalue weighted by molar-refractivity contribution is -0.661. The second-order valence-electron chi connectivity index (χ2n) is 25.8. The summed E-state index contributed by atoms with van der Waals surface area (Å²) in [4.78, 5) is 0. The Balaban J connectivity index is 0.000000157. The highest BCUT2D eigenvalue weighted by molar-refractivity contribution is 5.64. The van der Waals surface area contributed by atoms with E-state index in [0.29, 0.717) is 17.8 Å². The van der Waals surface area contributed by atoms with Crippen LogP contribution in [0.25, 0.3) is 45.0 Å². The summed E-state index contributed by atoms with van der Waals surface area (Å²) in [6.07, 6.45) is 24.9. The Hall–Kier alpha value is -6.52. The number of nitrogens with zero attached hydrogens (tertiary/aromatic N) is 4. The third-order valence-electron chi connectivity index (χ3n) is 17.5. The van der Waals surface area contributed by atoms with Crippen LogP contribution >= 0.6 is 0 Å². The molecule has 0 saturated heterocycles. The van der Waals surface area contributed by atoms with E-state index in [1.165, 1.54) is 152 Å². The third kappa shape index (κ3) is 16.4. The third-order valence-corrected chi connectivity index (χ3v) is 17.5. The lowest BCUT2D eigenvalue weighted by Crippen LogP contribution is -2.32. The van der Waals surface area contributed by atoms with Gasteiger partial charge in [-0.05, 0) is 191 Å². The van der Waals surface area contributed by atoms with Crippen LogP contribution in [0.5, 0.6) is 0 Å². The summed E-state index contributed by atoms with van der Waals surface area (Å²) in [5.74, 6) is 3.63. The largest absolute Gasteiger partial charge is 0.212 e. The normalized spacial score (nSPS) is 13.5. The van der Waals surface area contributed by atoms with Crippen molar-refractivity contribution in [3.05, 3.63) is 213 Å². The summed E-state index contributed by atoms with van der Waals surface area (Å²) in [6, 6.07) is 44.2. The summed E-state index contributed by atoms with van der Waals surface area (Å²) in [5, 5.41) is 0. The Morgan fingerprint density at radius 2 is 0.659 bits per heavy atom. The van der Waals surface area contributed by atoms with Gasteiger partial charge in [0.15, 0.2) is 24.8 Å². The molecule has 2 aliphatic carbocycles. The minimum absolute atomic E-state index is 0.684. The summed E-state index contributed by atoms with van der Waals surface area (Å²) >= 11 is 0.